The average molecular weight is 267 g/mol. The van der Waals surface area contributed by atoms with E-state index in [0.717, 1.165) is 25.1 Å². The highest BCUT2D eigenvalue weighted by atomic mass is 16.3. The van der Waals surface area contributed by atoms with Gasteiger partial charge in [0.2, 0.25) is 0 Å². The first-order valence-corrected chi connectivity index (χ1v) is 7.26. The third-order valence-electron chi connectivity index (χ3n) is 3.70. The van der Waals surface area contributed by atoms with Gasteiger partial charge in [0.1, 0.15) is 0 Å². The predicted octanol–water partition coefficient (Wildman–Crippen LogP) is 2.74. The van der Waals surface area contributed by atoms with E-state index >= 15 is 0 Å². The van der Waals surface area contributed by atoms with E-state index in [2.05, 4.69) is 51.1 Å². The standard InChI is InChI=1S/C15H29N3O/c1-6-12(2)18-9-7-13(17-18)11-16-14(8-10-19)15(3,4)5/h7,9,12,14,16,19H,6,8,10-11H2,1-5H3. The molecule has 110 valence electrons. The lowest BCUT2D eigenvalue weighted by molar-refractivity contribution is 0.196. The minimum absolute atomic E-state index is 0.141. The van der Waals surface area contributed by atoms with Crippen molar-refractivity contribution in [2.75, 3.05) is 6.61 Å². The van der Waals surface area contributed by atoms with E-state index in [4.69, 9.17) is 5.11 Å². The smallest absolute Gasteiger partial charge is 0.0762 e. The van der Waals surface area contributed by atoms with Crippen LogP contribution in [0.15, 0.2) is 12.3 Å². The lowest BCUT2D eigenvalue weighted by atomic mass is 9.85. The SMILES string of the molecule is CCC(C)n1ccc(CNC(CCO)C(C)(C)C)n1. The summed E-state index contributed by atoms with van der Waals surface area (Å²) in [5.41, 5.74) is 1.20. The van der Waals surface area contributed by atoms with Gasteiger partial charge in [0.25, 0.3) is 0 Å². The summed E-state index contributed by atoms with van der Waals surface area (Å²) < 4.78 is 2.02. The highest BCUT2D eigenvalue weighted by Gasteiger charge is 2.23. The Morgan fingerprint density at radius 2 is 2.11 bits per heavy atom. The van der Waals surface area contributed by atoms with Crippen molar-refractivity contribution in [3.05, 3.63) is 18.0 Å². The predicted molar refractivity (Wildman–Crippen MR) is 79.0 cm³/mol. The van der Waals surface area contributed by atoms with Crippen molar-refractivity contribution in [2.45, 2.75) is 66.1 Å². The van der Waals surface area contributed by atoms with Gasteiger partial charge in [-0.05, 0) is 31.2 Å². The number of nitrogens with one attached hydrogen (secondary N) is 1. The van der Waals surface area contributed by atoms with Gasteiger partial charge < -0.3 is 10.4 Å². The molecule has 0 bridgehead atoms. The number of rotatable bonds is 7. The van der Waals surface area contributed by atoms with Crippen LogP contribution in [0, 0.1) is 5.41 Å². The van der Waals surface area contributed by atoms with Crippen LogP contribution in [0.1, 0.15) is 59.2 Å². The number of aliphatic hydroxyl groups is 1. The highest BCUT2D eigenvalue weighted by molar-refractivity contribution is 5.00. The molecule has 4 heteroatoms. The van der Waals surface area contributed by atoms with Crippen molar-refractivity contribution in [1.29, 1.82) is 0 Å². The maximum atomic E-state index is 9.15. The van der Waals surface area contributed by atoms with Gasteiger partial charge in [-0.1, -0.05) is 27.7 Å². The van der Waals surface area contributed by atoms with Crippen molar-refractivity contribution in [3.8, 4) is 0 Å². The summed E-state index contributed by atoms with van der Waals surface area (Å²) in [6, 6.07) is 2.81. The van der Waals surface area contributed by atoms with Crippen LogP contribution in [0.3, 0.4) is 0 Å². The Labute approximate surface area is 117 Å². The molecule has 0 fully saturated rings. The second-order valence-corrected chi connectivity index (χ2v) is 6.36. The number of hydrogen-bond donors (Lipinski definition) is 2. The van der Waals surface area contributed by atoms with Gasteiger partial charge >= 0.3 is 0 Å². The Kier molecular flexibility index (Phi) is 6.01. The Morgan fingerprint density at radius 3 is 2.63 bits per heavy atom. The molecule has 0 aliphatic heterocycles. The third-order valence-corrected chi connectivity index (χ3v) is 3.70. The lowest BCUT2D eigenvalue weighted by Crippen LogP contribution is -2.40. The van der Waals surface area contributed by atoms with Crippen LogP contribution in [-0.4, -0.2) is 27.5 Å². The number of aromatic nitrogens is 2. The summed E-state index contributed by atoms with van der Waals surface area (Å²) in [4.78, 5) is 0. The van der Waals surface area contributed by atoms with Gasteiger partial charge in [-0.15, -0.1) is 0 Å². The number of aliphatic hydroxyl groups excluding tert-OH is 1. The topological polar surface area (TPSA) is 50.1 Å². The molecule has 0 aliphatic rings. The molecule has 1 aromatic heterocycles. The molecule has 0 saturated heterocycles. The van der Waals surface area contributed by atoms with Crippen LogP contribution in [-0.2, 0) is 6.54 Å². The van der Waals surface area contributed by atoms with Gasteiger partial charge in [-0.2, -0.15) is 5.10 Å². The van der Waals surface area contributed by atoms with E-state index in [1.165, 1.54) is 0 Å². The van der Waals surface area contributed by atoms with Crippen LogP contribution in [0.25, 0.3) is 0 Å². The maximum absolute atomic E-state index is 9.15. The summed E-state index contributed by atoms with van der Waals surface area (Å²) >= 11 is 0. The molecule has 1 heterocycles. The molecule has 1 aromatic rings. The number of hydrogen-bond acceptors (Lipinski definition) is 3. The molecule has 4 nitrogen and oxygen atoms in total. The first-order valence-electron chi connectivity index (χ1n) is 7.26. The van der Waals surface area contributed by atoms with Crippen molar-refractivity contribution in [2.24, 2.45) is 5.41 Å². The van der Waals surface area contributed by atoms with Crippen LogP contribution in [0.4, 0.5) is 0 Å². The molecule has 2 N–H and O–H groups in total. The Bertz CT molecular complexity index is 368. The minimum Gasteiger partial charge on any atom is -0.396 e. The highest BCUT2D eigenvalue weighted by Crippen LogP contribution is 2.22. The fourth-order valence-corrected chi connectivity index (χ4v) is 2.10. The average Bonchev–Trinajstić information content (AvgIpc) is 2.80. The molecule has 0 aliphatic carbocycles. The maximum Gasteiger partial charge on any atom is 0.0762 e. The van der Waals surface area contributed by atoms with E-state index in [1.54, 1.807) is 0 Å². The van der Waals surface area contributed by atoms with Gasteiger partial charge in [-0.3, -0.25) is 4.68 Å². The Balaban J connectivity index is 2.57. The summed E-state index contributed by atoms with van der Waals surface area (Å²) in [6.07, 6.45) is 3.91. The summed E-state index contributed by atoms with van der Waals surface area (Å²) in [7, 11) is 0. The van der Waals surface area contributed by atoms with E-state index < -0.39 is 0 Å². The van der Waals surface area contributed by atoms with Gasteiger partial charge in [0, 0.05) is 31.4 Å². The molecule has 1 rings (SSSR count). The second kappa shape index (κ2) is 7.06. The second-order valence-electron chi connectivity index (χ2n) is 6.36. The molecular formula is C15H29N3O. The first-order chi connectivity index (χ1) is 8.88. The number of nitrogens with zero attached hydrogens (tertiary/aromatic N) is 2. The molecule has 2 unspecified atom stereocenters. The van der Waals surface area contributed by atoms with Gasteiger partial charge in [-0.25, -0.2) is 0 Å². The normalized spacial score (nSPS) is 15.5. The van der Waals surface area contributed by atoms with Crippen LogP contribution < -0.4 is 5.32 Å². The Hall–Kier alpha value is -0.870. The summed E-state index contributed by atoms with van der Waals surface area (Å²) in [5.74, 6) is 0. The quantitative estimate of drug-likeness (QED) is 0.798. The van der Waals surface area contributed by atoms with Crippen molar-refractivity contribution in [3.63, 3.8) is 0 Å². The molecule has 2 atom stereocenters. The van der Waals surface area contributed by atoms with Crippen LogP contribution in [0.5, 0.6) is 0 Å². The monoisotopic (exact) mass is 267 g/mol. The molecule has 19 heavy (non-hydrogen) atoms. The zero-order valence-corrected chi connectivity index (χ0v) is 13.0. The van der Waals surface area contributed by atoms with Gasteiger partial charge in [0.05, 0.1) is 5.69 Å². The van der Waals surface area contributed by atoms with E-state index in [0.29, 0.717) is 12.1 Å². The Morgan fingerprint density at radius 1 is 1.42 bits per heavy atom. The molecular weight excluding hydrogens is 238 g/mol. The van der Waals surface area contributed by atoms with Crippen LogP contribution >= 0.6 is 0 Å². The largest absolute Gasteiger partial charge is 0.396 e. The molecule has 0 saturated carbocycles. The van der Waals surface area contributed by atoms with Crippen LogP contribution in [0.2, 0.25) is 0 Å². The lowest BCUT2D eigenvalue weighted by Gasteiger charge is -2.31. The van der Waals surface area contributed by atoms with Gasteiger partial charge in [0.15, 0.2) is 0 Å². The van der Waals surface area contributed by atoms with Crippen molar-refractivity contribution in [1.82, 2.24) is 15.1 Å². The summed E-state index contributed by atoms with van der Waals surface area (Å²) in [6.45, 7) is 11.9. The zero-order chi connectivity index (χ0) is 14.5. The molecule has 0 amide bonds. The molecule has 0 radical (unpaired) electrons. The summed E-state index contributed by atoms with van der Waals surface area (Å²) in [5, 5.41) is 17.2. The van der Waals surface area contributed by atoms with E-state index in [1.807, 2.05) is 10.9 Å². The third kappa shape index (κ3) is 4.96. The fourth-order valence-electron chi connectivity index (χ4n) is 2.10. The zero-order valence-electron chi connectivity index (χ0n) is 13.0. The first kappa shape index (κ1) is 16.2. The van der Waals surface area contributed by atoms with Crippen molar-refractivity contribution >= 4 is 0 Å². The van der Waals surface area contributed by atoms with E-state index in [-0.39, 0.29) is 12.0 Å². The van der Waals surface area contributed by atoms with Crippen molar-refractivity contribution < 1.29 is 5.11 Å². The minimum atomic E-state index is 0.141. The van der Waals surface area contributed by atoms with E-state index in [9.17, 15) is 0 Å². The molecule has 0 spiro atoms. The fraction of sp³-hybridized carbons (Fsp3) is 0.800. The molecule has 0 aromatic carbocycles.